The van der Waals surface area contributed by atoms with E-state index in [0.717, 1.165) is 5.92 Å². The summed E-state index contributed by atoms with van der Waals surface area (Å²) in [4.78, 5) is 0. The summed E-state index contributed by atoms with van der Waals surface area (Å²) in [6, 6.07) is 0. The summed E-state index contributed by atoms with van der Waals surface area (Å²) in [6.07, 6.45) is 12.2. The van der Waals surface area contributed by atoms with E-state index in [1.54, 1.807) is 0 Å². The van der Waals surface area contributed by atoms with Gasteiger partial charge in [0.05, 0.1) is 6.10 Å². The Hall–Kier alpha value is -0.343. The van der Waals surface area contributed by atoms with E-state index in [0.29, 0.717) is 23.0 Å². The van der Waals surface area contributed by atoms with Gasteiger partial charge < -0.3 is 4.43 Å². The molecule has 4 unspecified atom stereocenters. The average molecular weight is 279 g/mol. The minimum absolute atomic E-state index is 0.307. The summed E-state index contributed by atoms with van der Waals surface area (Å²) < 4.78 is 6.72. The molecule has 19 heavy (non-hydrogen) atoms. The lowest BCUT2D eigenvalue weighted by molar-refractivity contribution is 0.152. The smallest absolute Gasteiger partial charge is 0.192 e. The molecule has 0 bridgehead atoms. The predicted octanol–water partition coefficient (Wildman–Crippen LogP) is 5.17. The number of fused-ring (bicyclic) bond motifs is 1. The Balaban J connectivity index is 2.14. The first-order valence-electron chi connectivity index (χ1n) is 7.79. The van der Waals surface area contributed by atoms with Crippen molar-refractivity contribution in [2.45, 2.75) is 64.8 Å². The van der Waals surface area contributed by atoms with Gasteiger partial charge in [-0.15, -0.1) is 0 Å². The van der Waals surface area contributed by atoms with Crippen LogP contribution in [0.5, 0.6) is 0 Å². The molecule has 2 aliphatic carbocycles. The van der Waals surface area contributed by atoms with Crippen molar-refractivity contribution in [1.82, 2.24) is 0 Å². The average Bonchev–Trinajstić information content (AvgIpc) is 2.66. The number of allylic oxidation sites excluding steroid dienone is 3. The molecule has 0 aromatic carbocycles. The van der Waals surface area contributed by atoms with Crippen molar-refractivity contribution >= 4 is 8.32 Å². The quantitative estimate of drug-likeness (QED) is 0.648. The molecule has 2 heteroatoms. The molecule has 0 radical (unpaired) electrons. The van der Waals surface area contributed by atoms with Crippen LogP contribution in [0.4, 0.5) is 0 Å². The van der Waals surface area contributed by atoms with Crippen molar-refractivity contribution in [1.29, 1.82) is 0 Å². The normalized spacial score (nSPS) is 34.6. The molecule has 0 spiro atoms. The first-order valence-corrected chi connectivity index (χ1v) is 10.7. The summed E-state index contributed by atoms with van der Waals surface area (Å²) in [5.74, 6) is 2.13. The maximum atomic E-state index is 6.72. The first-order chi connectivity index (χ1) is 8.76. The minimum Gasteiger partial charge on any atom is -0.413 e. The summed E-state index contributed by atoms with van der Waals surface area (Å²) in [7, 11) is -1.65. The molecule has 1 nitrogen and oxygen atoms in total. The van der Waals surface area contributed by atoms with Crippen molar-refractivity contribution in [3.63, 3.8) is 0 Å². The van der Waals surface area contributed by atoms with Crippen molar-refractivity contribution in [2.75, 3.05) is 0 Å². The fraction of sp³-hybridized carbons (Fsp3) is 0.765. The van der Waals surface area contributed by atoms with Crippen LogP contribution in [0.3, 0.4) is 0 Å². The maximum Gasteiger partial charge on any atom is 0.192 e. The van der Waals surface area contributed by atoms with Crippen LogP contribution in [-0.4, -0.2) is 14.4 Å². The third kappa shape index (κ3) is 2.90. The van der Waals surface area contributed by atoms with Crippen LogP contribution in [0, 0.1) is 17.8 Å². The van der Waals surface area contributed by atoms with Gasteiger partial charge in [0.15, 0.2) is 8.32 Å². The highest BCUT2D eigenvalue weighted by molar-refractivity contribution is 6.74. The van der Waals surface area contributed by atoms with E-state index in [2.05, 4.69) is 65.1 Å². The molecule has 0 aromatic heterocycles. The Morgan fingerprint density at radius 1 is 1.11 bits per heavy atom. The molecule has 1 fully saturated rings. The zero-order valence-corrected chi connectivity index (χ0v) is 14.4. The third-order valence-corrected chi connectivity index (χ3v) is 10.0. The third-order valence-electron chi connectivity index (χ3n) is 5.51. The second-order valence-corrected chi connectivity index (χ2v) is 12.5. The van der Waals surface area contributed by atoms with Gasteiger partial charge in [-0.2, -0.15) is 0 Å². The van der Waals surface area contributed by atoms with E-state index in [9.17, 15) is 0 Å². The lowest BCUT2D eigenvalue weighted by Crippen LogP contribution is -2.45. The van der Waals surface area contributed by atoms with Gasteiger partial charge in [0.25, 0.3) is 0 Å². The van der Waals surface area contributed by atoms with Crippen LogP contribution in [0.2, 0.25) is 18.1 Å². The van der Waals surface area contributed by atoms with E-state index in [-0.39, 0.29) is 0 Å². The lowest BCUT2D eigenvalue weighted by atomic mass is 9.85. The second-order valence-electron chi connectivity index (χ2n) is 7.75. The Morgan fingerprint density at radius 2 is 1.68 bits per heavy atom. The van der Waals surface area contributed by atoms with Gasteiger partial charge in [0, 0.05) is 5.92 Å². The highest BCUT2D eigenvalue weighted by Crippen LogP contribution is 2.47. The van der Waals surface area contributed by atoms with Crippen LogP contribution in [-0.2, 0) is 4.43 Å². The van der Waals surface area contributed by atoms with E-state index in [1.807, 2.05) is 0 Å². The molecule has 0 aromatic rings. The fourth-order valence-corrected chi connectivity index (χ4v) is 4.58. The number of hydrogen-bond acceptors (Lipinski definition) is 1. The van der Waals surface area contributed by atoms with E-state index in [4.69, 9.17) is 4.43 Å². The molecule has 108 valence electrons. The summed E-state index contributed by atoms with van der Waals surface area (Å²) >= 11 is 0. The molecule has 2 rings (SSSR count). The van der Waals surface area contributed by atoms with Gasteiger partial charge in [0.2, 0.25) is 0 Å². The van der Waals surface area contributed by atoms with Gasteiger partial charge in [-0.3, -0.25) is 0 Å². The number of rotatable bonds is 3. The molecule has 0 amide bonds. The van der Waals surface area contributed by atoms with Gasteiger partial charge >= 0.3 is 0 Å². The van der Waals surface area contributed by atoms with Gasteiger partial charge in [0.1, 0.15) is 0 Å². The fourth-order valence-electron chi connectivity index (χ4n) is 3.22. The van der Waals surface area contributed by atoms with Gasteiger partial charge in [-0.1, -0.05) is 58.4 Å². The molecule has 2 aliphatic rings. The predicted molar refractivity (Wildman–Crippen MR) is 85.7 cm³/mol. The van der Waals surface area contributed by atoms with Crippen LogP contribution < -0.4 is 0 Å². The maximum absolute atomic E-state index is 6.72. The van der Waals surface area contributed by atoms with Crippen molar-refractivity contribution < 1.29 is 4.43 Å². The summed E-state index contributed by atoms with van der Waals surface area (Å²) in [6.45, 7) is 14.1. The Bertz CT molecular complexity index is 375. The molecular formula is C17H30OSi. The van der Waals surface area contributed by atoms with Crippen LogP contribution in [0.25, 0.3) is 0 Å². The highest BCUT2D eigenvalue weighted by atomic mass is 28.4. The molecule has 0 saturated heterocycles. The zero-order valence-electron chi connectivity index (χ0n) is 13.4. The molecule has 1 saturated carbocycles. The van der Waals surface area contributed by atoms with Crippen LogP contribution in [0.15, 0.2) is 24.3 Å². The monoisotopic (exact) mass is 278 g/mol. The van der Waals surface area contributed by atoms with Gasteiger partial charge in [-0.05, 0) is 36.4 Å². The molecule has 4 atom stereocenters. The van der Waals surface area contributed by atoms with E-state index < -0.39 is 8.32 Å². The Kier molecular flexibility index (Phi) is 4.13. The Labute approximate surface area is 120 Å². The van der Waals surface area contributed by atoms with Crippen molar-refractivity contribution in [3.8, 4) is 0 Å². The van der Waals surface area contributed by atoms with Crippen LogP contribution in [0.1, 0.15) is 40.5 Å². The molecule has 0 aliphatic heterocycles. The largest absolute Gasteiger partial charge is 0.413 e. The molecule has 0 heterocycles. The van der Waals surface area contributed by atoms with Crippen molar-refractivity contribution in [3.05, 3.63) is 24.3 Å². The summed E-state index contributed by atoms with van der Waals surface area (Å²) in [5, 5.41) is 0.307. The standard InChI is InChI=1S/C17H30OSi/c1-7-13-12-16(15-11-9-8-10-14(13)15)18-19(5,6)17(2,3)4/h8-11,13-16H,7,12H2,1-6H3. The second kappa shape index (κ2) is 5.21. The van der Waals surface area contributed by atoms with E-state index in [1.165, 1.54) is 12.8 Å². The minimum atomic E-state index is -1.65. The Morgan fingerprint density at radius 3 is 2.21 bits per heavy atom. The lowest BCUT2D eigenvalue weighted by Gasteiger charge is -2.40. The summed E-state index contributed by atoms with van der Waals surface area (Å²) in [5.41, 5.74) is 0. The van der Waals surface area contributed by atoms with Gasteiger partial charge in [-0.25, -0.2) is 0 Å². The zero-order chi connectivity index (χ0) is 14.3. The van der Waals surface area contributed by atoms with Crippen molar-refractivity contribution in [2.24, 2.45) is 17.8 Å². The topological polar surface area (TPSA) is 9.23 Å². The van der Waals surface area contributed by atoms with E-state index >= 15 is 0 Å². The van der Waals surface area contributed by atoms with Crippen LogP contribution >= 0.6 is 0 Å². The first kappa shape index (κ1) is 15.1. The highest BCUT2D eigenvalue weighted by Gasteiger charge is 2.46. The number of hydrogen-bond donors (Lipinski definition) is 0. The SMILES string of the molecule is CCC1CC(O[Si](C)(C)C(C)(C)C)C2C=CC=CC12. The molecule has 0 N–H and O–H groups in total. The molecular weight excluding hydrogens is 248 g/mol.